The molecule has 14 heavy (non-hydrogen) atoms. The number of thiophene rings is 1. The van der Waals surface area contributed by atoms with Crippen LogP contribution >= 0.6 is 43.2 Å². The van der Waals surface area contributed by atoms with Crippen molar-refractivity contribution in [1.29, 1.82) is 0 Å². The summed E-state index contributed by atoms with van der Waals surface area (Å²) in [5, 5.41) is 0. The molecule has 1 aromatic heterocycles. The van der Waals surface area contributed by atoms with Gasteiger partial charge in [-0.1, -0.05) is 0 Å². The summed E-state index contributed by atoms with van der Waals surface area (Å²) in [4.78, 5) is 3.80. The highest BCUT2D eigenvalue weighted by Crippen LogP contribution is 2.33. The first-order chi connectivity index (χ1) is 6.65. The standard InChI is InChI=1S/C9H12Br2N2S/c10-8-3-7(14-9(8)11)5-13-2-1-6(12)4-13/h3,6H,1-2,4-5,12H2. The maximum Gasteiger partial charge on any atom is 0.0843 e. The first-order valence-corrected chi connectivity index (χ1v) is 6.97. The van der Waals surface area contributed by atoms with Gasteiger partial charge in [0.05, 0.1) is 3.79 Å². The summed E-state index contributed by atoms with van der Waals surface area (Å²) in [7, 11) is 0. The molecule has 0 bridgehead atoms. The predicted molar refractivity (Wildman–Crippen MR) is 67.6 cm³/mol. The minimum absolute atomic E-state index is 0.377. The molecule has 0 aliphatic carbocycles. The van der Waals surface area contributed by atoms with Gasteiger partial charge in [-0.2, -0.15) is 0 Å². The quantitative estimate of drug-likeness (QED) is 0.897. The highest BCUT2D eigenvalue weighted by atomic mass is 79.9. The Bertz CT molecular complexity index is 307. The van der Waals surface area contributed by atoms with E-state index in [-0.39, 0.29) is 0 Å². The van der Waals surface area contributed by atoms with Gasteiger partial charge in [0.2, 0.25) is 0 Å². The lowest BCUT2D eigenvalue weighted by atomic mass is 10.3. The van der Waals surface area contributed by atoms with Crippen LogP contribution in [0.25, 0.3) is 0 Å². The molecule has 1 aliphatic rings. The zero-order chi connectivity index (χ0) is 10.1. The monoisotopic (exact) mass is 338 g/mol. The molecule has 0 spiro atoms. The summed E-state index contributed by atoms with van der Waals surface area (Å²) in [5.41, 5.74) is 5.86. The Labute approximate surface area is 105 Å². The summed E-state index contributed by atoms with van der Waals surface area (Å²) < 4.78 is 2.33. The fraction of sp³-hybridized carbons (Fsp3) is 0.556. The van der Waals surface area contributed by atoms with E-state index in [1.54, 1.807) is 11.3 Å². The fourth-order valence-corrected chi connectivity index (χ4v) is 3.92. The molecule has 1 atom stereocenters. The summed E-state index contributed by atoms with van der Waals surface area (Å²) in [6.07, 6.45) is 1.13. The average Bonchev–Trinajstić information content (AvgIpc) is 2.62. The van der Waals surface area contributed by atoms with E-state index in [4.69, 9.17) is 5.73 Å². The third kappa shape index (κ3) is 2.58. The number of hydrogen-bond acceptors (Lipinski definition) is 3. The van der Waals surface area contributed by atoms with Gasteiger partial charge in [-0.25, -0.2) is 0 Å². The van der Waals surface area contributed by atoms with Gasteiger partial charge in [0.15, 0.2) is 0 Å². The number of halogens is 2. The maximum absolute atomic E-state index is 5.86. The molecule has 5 heteroatoms. The molecule has 1 aromatic rings. The highest BCUT2D eigenvalue weighted by molar-refractivity contribution is 9.13. The number of rotatable bonds is 2. The summed E-state index contributed by atoms with van der Waals surface area (Å²) in [6, 6.07) is 2.56. The number of nitrogens with two attached hydrogens (primary N) is 1. The van der Waals surface area contributed by atoms with Crippen LogP contribution in [0.1, 0.15) is 11.3 Å². The Kier molecular flexibility index (Phi) is 3.65. The van der Waals surface area contributed by atoms with Crippen LogP contribution in [0.4, 0.5) is 0 Å². The fourth-order valence-electron chi connectivity index (χ4n) is 1.70. The molecule has 2 heterocycles. The molecule has 2 N–H and O–H groups in total. The van der Waals surface area contributed by atoms with Gasteiger partial charge in [0.1, 0.15) is 0 Å². The van der Waals surface area contributed by atoms with E-state index in [1.165, 1.54) is 8.66 Å². The van der Waals surface area contributed by atoms with Crippen molar-refractivity contribution < 1.29 is 0 Å². The van der Waals surface area contributed by atoms with E-state index in [9.17, 15) is 0 Å². The first-order valence-electron chi connectivity index (χ1n) is 4.57. The molecule has 0 aromatic carbocycles. The summed E-state index contributed by atoms with van der Waals surface area (Å²) >= 11 is 8.79. The third-order valence-electron chi connectivity index (χ3n) is 2.38. The molecular weight excluding hydrogens is 328 g/mol. The minimum Gasteiger partial charge on any atom is -0.326 e. The Balaban J connectivity index is 1.97. The molecule has 1 saturated heterocycles. The van der Waals surface area contributed by atoms with Crippen LogP contribution in [0.2, 0.25) is 0 Å². The lowest BCUT2D eigenvalue weighted by Crippen LogP contribution is -2.25. The second-order valence-corrected chi connectivity index (χ2v) is 6.93. The molecule has 2 rings (SSSR count). The van der Waals surface area contributed by atoms with Crippen molar-refractivity contribution >= 4 is 43.2 Å². The zero-order valence-electron chi connectivity index (χ0n) is 7.67. The first kappa shape index (κ1) is 11.1. The van der Waals surface area contributed by atoms with E-state index < -0.39 is 0 Å². The van der Waals surface area contributed by atoms with Gasteiger partial charge < -0.3 is 5.73 Å². The summed E-state index contributed by atoms with van der Waals surface area (Å²) in [6.45, 7) is 3.20. The third-order valence-corrected chi connectivity index (χ3v) is 5.63. The molecule has 1 unspecified atom stereocenters. The van der Waals surface area contributed by atoms with Crippen molar-refractivity contribution in [2.24, 2.45) is 5.73 Å². The lowest BCUT2D eigenvalue weighted by molar-refractivity contribution is 0.330. The normalized spacial score (nSPS) is 23.2. The van der Waals surface area contributed by atoms with E-state index >= 15 is 0 Å². The van der Waals surface area contributed by atoms with Gasteiger partial charge in [-0.05, 0) is 44.3 Å². The molecule has 0 radical (unpaired) electrons. The van der Waals surface area contributed by atoms with E-state index in [0.29, 0.717) is 6.04 Å². The molecular formula is C9H12Br2N2S. The van der Waals surface area contributed by atoms with Crippen LogP contribution in [0.3, 0.4) is 0 Å². The van der Waals surface area contributed by atoms with E-state index in [0.717, 1.165) is 30.5 Å². The van der Waals surface area contributed by atoms with Gasteiger partial charge in [0.25, 0.3) is 0 Å². The van der Waals surface area contributed by atoms with Crippen molar-refractivity contribution in [3.63, 3.8) is 0 Å². The number of nitrogens with zero attached hydrogens (tertiary/aromatic N) is 1. The second-order valence-electron chi connectivity index (χ2n) is 3.62. The van der Waals surface area contributed by atoms with Gasteiger partial charge >= 0.3 is 0 Å². The SMILES string of the molecule is NC1CCN(Cc2cc(Br)c(Br)s2)C1. The largest absolute Gasteiger partial charge is 0.326 e. The van der Waals surface area contributed by atoms with Crippen molar-refractivity contribution in [3.05, 3.63) is 19.2 Å². The lowest BCUT2D eigenvalue weighted by Gasteiger charge is -2.12. The van der Waals surface area contributed by atoms with Crippen LogP contribution in [-0.4, -0.2) is 24.0 Å². The topological polar surface area (TPSA) is 29.3 Å². The van der Waals surface area contributed by atoms with Crippen LogP contribution in [0, 0.1) is 0 Å². The molecule has 1 fully saturated rings. The highest BCUT2D eigenvalue weighted by Gasteiger charge is 2.19. The maximum atomic E-state index is 5.86. The van der Waals surface area contributed by atoms with Crippen molar-refractivity contribution in [2.75, 3.05) is 13.1 Å². The zero-order valence-corrected chi connectivity index (χ0v) is 11.7. The van der Waals surface area contributed by atoms with Gasteiger partial charge in [-0.15, -0.1) is 11.3 Å². The average molecular weight is 340 g/mol. The van der Waals surface area contributed by atoms with Crippen LogP contribution in [-0.2, 0) is 6.54 Å². The van der Waals surface area contributed by atoms with Gasteiger partial charge in [0, 0.05) is 35.0 Å². The molecule has 78 valence electrons. The molecule has 1 aliphatic heterocycles. The number of likely N-dealkylation sites (tertiary alicyclic amines) is 1. The van der Waals surface area contributed by atoms with E-state index in [2.05, 4.69) is 42.8 Å². The second kappa shape index (κ2) is 4.61. The van der Waals surface area contributed by atoms with Crippen LogP contribution in [0.15, 0.2) is 14.3 Å². The Morgan fingerprint density at radius 1 is 1.57 bits per heavy atom. The van der Waals surface area contributed by atoms with Crippen LogP contribution in [0.5, 0.6) is 0 Å². The Hall–Kier alpha value is 0.580. The molecule has 2 nitrogen and oxygen atoms in total. The van der Waals surface area contributed by atoms with Crippen LogP contribution < -0.4 is 5.73 Å². The van der Waals surface area contributed by atoms with E-state index in [1.807, 2.05) is 0 Å². The number of hydrogen-bond donors (Lipinski definition) is 1. The van der Waals surface area contributed by atoms with Crippen molar-refractivity contribution in [3.8, 4) is 0 Å². The van der Waals surface area contributed by atoms with Crippen molar-refractivity contribution in [2.45, 2.75) is 19.0 Å². The predicted octanol–water partition coefficient (Wildman–Crippen LogP) is 2.81. The van der Waals surface area contributed by atoms with Crippen molar-refractivity contribution in [1.82, 2.24) is 4.90 Å². The Morgan fingerprint density at radius 3 is 2.86 bits per heavy atom. The molecule has 0 saturated carbocycles. The Morgan fingerprint density at radius 2 is 2.36 bits per heavy atom. The molecule has 0 amide bonds. The smallest absolute Gasteiger partial charge is 0.0843 e. The minimum atomic E-state index is 0.377. The summed E-state index contributed by atoms with van der Waals surface area (Å²) in [5.74, 6) is 0. The van der Waals surface area contributed by atoms with Gasteiger partial charge in [-0.3, -0.25) is 4.90 Å².